The Bertz CT molecular complexity index is 869. The molecule has 0 bridgehead atoms. The van der Waals surface area contributed by atoms with Crippen molar-refractivity contribution in [3.8, 4) is 10.4 Å². The fourth-order valence-electron chi connectivity index (χ4n) is 2.53. The molecule has 126 valence electrons. The number of thiophene rings is 1. The van der Waals surface area contributed by atoms with Crippen molar-refractivity contribution in [3.63, 3.8) is 0 Å². The highest BCUT2D eigenvalue weighted by atomic mass is 35.5. The zero-order chi connectivity index (χ0) is 17.2. The first-order chi connectivity index (χ1) is 11.4. The van der Waals surface area contributed by atoms with Crippen molar-refractivity contribution in [2.24, 2.45) is 0 Å². The fourth-order valence-corrected chi connectivity index (χ4v) is 5.24. The Labute approximate surface area is 150 Å². The molecule has 1 fully saturated rings. The van der Waals surface area contributed by atoms with Crippen molar-refractivity contribution in [3.05, 3.63) is 52.4 Å². The van der Waals surface area contributed by atoms with Crippen LogP contribution < -0.4 is 5.32 Å². The van der Waals surface area contributed by atoms with E-state index in [2.05, 4.69) is 5.32 Å². The van der Waals surface area contributed by atoms with Gasteiger partial charge in [0.2, 0.25) is 5.91 Å². The van der Waals surface area contributed by atoms with E-state index in [1.807, 2.05) is 36.4 Å². The van der Waals surface area contributed by atoms with Crippen molar-refractivity contribution < 1.29 is 13.2 Å². The quantitative estimate of drug-likeness (QED) is 0.826. The minimum atomic E-state index is -2.98. The third-order valence-electron chi connectivity index (χ3n) is 3.73. The molecule has 0 aliphatic carbocycles. The van der Waals surface area contributed by atoms with E-state index in [1.165, 1.54) is 6.08 Å². The van der Waals surface area contributed by atoms with Gasteiger partial charge in [0, 0.05) is 26.9 Å². The number of nitrogens with one attached hydrogen (secondary N) is 1. The van der Waals surface area contributed by atoms with Crippen LogP contribution in [-0.2, 0) is 14.6 Å². The minimum absolute atomic E-state index is 0.0340. The van der Waals surface area contributed by atoms with E-state index in [0.717, 1.165) is 15.3 Å². The first-order valence-corrected chi connectivity index (χ1v) is 10.5. The first-order valence-electron chi connectivity index (χ1n) is 7.46. The van der Waals surface area contributed by atoms with Crippen molar-refractivity contribution in [2.45, 2.75) is 12.5 Å². The molecule has 1 aromatic heterocycles. The van der Waals surface area contributed by atoms with E-state index in [1.54, 1.807) is 17.4 Å². The lowest BCUT2D eigenvalue weighted by atomic mass is 10.2. The Morgan fingerprint density at radius 1 is 1.21 bits per heavy atom. The lowest BCUT2D eigenvalue weighted by molar-refractivity contribution is -0.116. The third kappa shape index (κ3) is 4.47. The number of amides is 1. The maximum absolute atomic E-state index is 11.9. The molecule has 3 rings (SSSR count). The summed E-state index contributed by atoms with van der Waals surface area (Å²) < 4.78 is 22.8. The Kier molecular flexibility index (Phi) is 5.08. The predicted molar refractivity (Wildman–Crippen MR) is 99.0 cm³/mol. The molecular weight excluding hydrogens is 366 g/mol. The van der Waals surface area contributed by atoms with Crippen molar-refractivity contribution >= 4 is 44.8 Å². The predicted octanol–water partition coefficient (Wildman–Crippen LogP) is 3.39. The zero-order valence-electron chi connectivity index (χ0n) is 12.7. The van der Waals surface area contributed by atoms with Gasteiger partial charge in [-0.15, -0.1) is 11.3 Å². The zero-order valence-corrected chi connectivity index (χ0v) is 15.1. The van der Waals surface area contributed by atoms with E-state index in [4.69, 9.17) is 11.6 Å². The number of hydrogen-bond acceptors (Lipinski definition) is 4. The largest absolute Gasteiger partial charge is 0.349 e. The topological polar surface area (TPSA) is 63.2 Å². The molecule has 0 radical (unpaired) electrons. The van der Waals surface area contributed by atoms with E-state index >= 15 is 0 Å². The number of carbonyl (C=O) groups is 1. The summed E-state index contributed by atoms with van der Waals surface area (Å²) in [6, 6.07) is 11.3. The molecule has 1 unspecified atom stereocenters. The molecular formula is C17H16ClNO3S2. The van der Waals surface area contributed by atoms with Crippen LogP contribution in [0.2, 0.25) is 5.02 Å². The van der Waals surface area contributed by atoms with Crippen LogP contribution in [0.25, 0.3) is 16.5 Å². The molecule has 0 saturated carbocycles. The van der Waals surface area contributed by atoms with E-state index < -0.39 is 9.84 Å². The Balaban J connectivity index is 1.61. The van der Waals surface area contributed by atoms with Gasteiger partial charge in [-0.25, -0.2) is 8.42 Å². The molecule has 0 spiro atoms. The van der Waals surface area contributed by atoms with Gasteiger partial charge in [0.1, 0.15) is 0 Å². The molecule has 1 aliphatic rings. The summed E-state index contributed by atoms with van der Waals surface area (Å²) in [5.41, 5.74) is 1.07. The molecule has 1 saturated heterocycles. The summed E-state index contributed by atoms with van der Waals surface area (Å²) >= 11 is 7.46. The van der Waals surface area contributed by atoms with E-state index in [0.29, 0.717) is 11.4 Å². The molecule has 1 aromatic carbocycles. The third-order valence-corrected chi connectivity index (χ3v) is 6.85. The molecule has 2 aromatic rings. The lowest BCUT2D eigenvalue weighted by Gasteiger charge is -2.07. The number of benzene rings is 1. The summed E-state index contributed by atoms with van der Waals surface area (Å²) in [7, 11) is -2.98. The molecule has 2 heterocycles. The van der Waals surface area contributed by atoms with Gasteiger partial charge in [-0.2, -0.15) is 0 Å². The SMILES string of the molecule is O=C(/C=C/c1ccc(-c2ccc(Cl)cc2)s1)NC1CCS(=O)(=O)C1. The van der Waals surface area contributed by atoms with Crippen LogP contribution in [0.5, 0.6) is 0 Å². The maximum Gasteiger partial charge on any atom is 0.244 e. The Morgan fingerprint density at radius 3 is 2.62 bits per heavy atom. The highest BCUT2D eigenvalue weighted by molar-refractivity contribution is 7.91. The van der Waals surface area contributed by atoms with Gasteiger partial charge >= 0.3 is 0 Å². The molecule has 1 N–H and O–H groups in total. The average molecular weight is 382 g/mol. The summed E-state index contributed by atoms with van der Waals surface area (Å²) in [5.74, 6) is -0.0814. The van der Waals surface area contributed by atoms with Crippen molar-refractivity contribution in [1.29, 1.82) is 0 Å². The summed E-state index contributed by atoms with van der Waals surface area (Å²) in [4.78, 5) is 13.9. The van der Waals surface area contributed by atoms with Crippen LogP contribution >= 0.6 is 22.9 Å². The van der Waals surface area contributed by atoms with Gasteiger partial charge in [0.05, 0.1) is 11.5 Å². The second kappa shape index (κ2) is 7.09. The molecule has 1 aliphatic heterocycles. The summed E-state index contributed by atoms with van der Waals surface area (Å²) in [6.07, 6.45) is 3.67. The smallest absolute Gasteiger partial charge is 0.244 e. The molecule has 7 heteroatoms. The van der Waals surface area contributed by atoms with Crippen LogP contribution in [0.1, 0.15) is 11.3 Å². The monoisotopic (exact) mass is 381 g/mol. The number of rotatable bonds is 4. The summed E-state index contributed by atoms with van der Waals surface area (Å²) in [6.45, 7) is 0. The van der Waals surface area contributed by atoms with Gasteiger partial charge in [0.25, 0.3) is 0 Å². The van der Waals surface area contributed by atoms with Crippen LogP contribution in [-0.4, -0.2) is 31.9 Å². The van der Waals surface area contributed by atoms with Crippen molar-refractivity contribution in [2.75, 3.05) is 11.5 Å². The molecule has 1 atom stereocenters. The minimum Gasteiger partial charge on any atom is -0.349 e. The normalized spacial score (nSPS) is 19.6. The Morgan fingerprint density at radius 2 is 1.96 bits per heavy atom. The number of carbonyl (C=O) groups excluding carboxylic acids is 1. The number of halogens is 1. The lowest BCUT2D eigenvalue weighted by Crippen LogP contribution is -2.34. The van der Waals surface area contributed by atoms with Gasteiger partial charge < -0.3 is 5.32 Å². The number of sulfone groups is 1. The van der Waals surface area contributed by atoms with Gasteiger partial charge in [-0.3, -0.25) is 4.79 Å². The van der Waals surface area contributed by atoms with Crippen LogP contribution in [0.4, 0.5) is 0 Å². The Hall–Kier alpha value is -1.63. The van der Waals surface area contributed by atoms with E-state index in [-0.39, 0.29) is 23.5 Å². The second-order valence-electron chi connectivity index (χ2n) is 5.65. The fraction of sp³-hybridized carbons (Fsp3) is 0.235. The number of hydrogen-bond donors (Lipinski definition) is 1. The van der Waals surface area contributed by atoms with Crippen LogP contribution in [0, 0.1) is 0 Å². The first kappa shape index (κ1) is 17.2. The molecule has 24 heavy (non-hydrogen) atoms. The van der Waals surface area contributed by atoms with Gasteiger partial charge in [-0.1, -0.05) is 23.7 Å². The maximum atomic E-state index is 11.9. The van der Waals surface area contributed by atoms with Gasteiger partial charge in [-0.05, 0) is 42.3 Å². The molecule has 1 amide bonds. The standard InChI is InChI=1S/C17H16ClNO3S2/c18-13-3-1-12(2-4-13)16-7-5-15(23-16)6-8-17(20)19-14-9-10-24(21,22)11-14/h1-8,14H,9-11H2,(H,19,20)/b8-6+. The van der Waals surface area contributed by atoms with E-state index in [9.17, 15) is 13.2 Å². The average Bonchev–Trinajstić information content (AvgIpc) is 3.12. The second-order valence-corrected chi connectivity index (χ2v) is 9.43. The highest BCUT2D eigenvalue weighted by Gasteiger charge is 2.28. The molecule has 4 nitrogen and oxygen atoms in total. The van der Waals surface area contributed by atoms with Gasteiger partial charge in [0.15, 0.2) is 9.84 Å². The van der Waals surface area contributed by atoms with Crippen LogP contribution in [0.3, 0.4) is 0 Å². The van der Waals surface area contributed by atoms with Crippen molar-refractivity contribution in [1.82, 2.24) is 5.32 Å². The highest BCUT2D eigenvalue weighted by Crippen LogP contribution is 2.29. The van der Waals surface area contributed by atoms with Crippen LogP contribution in [0.15, 0.2) is 42.5 Å². The summed E-state index contributed by atoms with van der Waals surface area (Å²) in [5, 5.41) is 3.43.